The van der Waals surface area contributed by atoms with Crippen LogP contribution in [0.4, 0.5) is 0 Å². The van der Waals surface area contributed by atoms with Gasteiger partial charge in [0, 0.05) is 17.7 Å². The van der Waals surface area contributed by atoms with Crippen LogP contribution in [0, 0.1) is 0 Å². The lowest BCUT2D eigenvalue weighted by atomic mass is 10.1. The number of hydrogen-bond acceptors (Lipinski definition) is 2. The first-order valence-electron chi connectivity index (χ1n) is 6.86. The Morgan fingerprint density at radius 1 is 1.44 bits per heavy atom. The van der Waals surface area contributed by atoms with Crippen LogP contribution < -0.4 is 5.32 Å². The molecule has 3 heteroatoms. The van der Waals surface area contributed by atoms with Crippen molar-refractivity contribution in [3.63, 3.8) is 0 Å². The molecule has 1 aliphatic heterocycles. The lowest BCUT2D eigenvalue weighted by molar-refractivity contribution is 0.0112. The Labute approximate surface area is 115 Å². The predicted octanol–water partition coefficient (Wildman–Crippen LogP) is 3.95. The van der Waals surface area contributed by atoms with E-state index in [9.17, 15) is 0 Å². The number of ether oxygens (including phenoxy) is 1. The summed E-state index contributed by atoms with van der Waals surface area (Å²) in [5.74, 6) is 0. The SMILES string of the molecule is CC(NCCC1CCCCO1)c1cccc(Cl)c1. The van der Waals surface area contributed by atoms with Gasteiger partial charge in [0.25, 0.3) is 0 Å². The number of halogens is 1. The summed E-state index contributed by atoms with van der Waals surface area (Å²) in [5, 5.41) is 4.34. The molecule has 2 unspecified atom stereocenters. The Kier molecular flexibility index (Phi) is 5.48. The van der Waals surface area contributed by atoms with Gasteiger partial charge in [-0.2, -0.15) is 0 Å². The second-order valence-corrected chi connectivity index (χ2v) is 5.44. The molecular weight excluding hydrogens is 246 g/mol. The van der Waals surface area contributed by atoms with E-state index in [-0.39, 0.29) is 0 Å². The van der Waals surface area contributed by atoms with Gasteiger partial charge in [0.1, 0.15) is 0 Å². The van der Waals surface area contributed by atoms with E-state index < -0.39 is 0 Å². The largest absolute Gasteiger partial charge is 0.378 e. The second-order valence-electron chi connectivity index (χ2n) is 5.01. The van der Waals surface area contributed by atoms with Crippen molar-refractivity contribution in [2.45, 2.75) is 44.8 Å². The molecule has 1 N–H and O–H groups in total. The maximum atomic E-state index is 6.00. The lowest BCUT2D eigenvalue weighted by Crippen LogP contribution is -2.27. The minimum absolute atomic E-state index is 0.340. The van der Waals surface area contributed by atoms with E-state index in [4.69, 9.17) is 16.3 Å². The molecule has 0 aliphatic carbocycles. The molecule has 0 spiro atoms. The minimum Gasteiger partial charge on any atom is -0.378 e. The molecule has 0 saturated carbocycles. The predicted molar refractivity (Wildman–Crippen MR) is 76.1 cm³/mol. The topological polar surface area (TPSA) is 21.3 Å². The van der Waals surface area contributed by atoms with E-state index in [0.29, 0.717) is 12.1 Å². The normalized spacial score (nSPS) is 21.8. The molecule has 2 atom stereocenters. The summed E-state index contributed by atoms with van der Waals surface area (Å²) in [7, 11) is 0. The zero-order valence-corrected chi connectivity index (χ0v) is 11.7. The van der Waals surface area contributed by atoms with Crippen LogP contribution in [0.1, 0.15) is 44.2 Å². The van der Waals surface area contributed by atoms with E-state index >= 15 is 0 Å². The standard InChI is InChI=1S/C15H22ClNO/c1-12(13-5-4-6-14(16)11-13)17-9-8-15-7-2-3-10-18-15/h4-6,11-12,15,17H,2-3,7-10H2,1H3. The van der Waals surface area contributed by atoms with Crippen molar-refractivity contribution in [3.8, 4) is 0 Å². The first kappa shape index (κ1) is 13.9. The van der Waals surface area contributed by atoms with E-state index in [1.807, 2.05) is 18.2 Å². The van der Waals surface area contributed by atoms with Crippen molar-refractivity contribution in [1.82, 2.24) is 5.32 Å². The maximum Gasteiger partial charge on any atom is 0.0587 e. The van der Waals surface area contributed by atoms with Crippen LogP contribution in [0.2, 0.25) is 5.02 Å². The van der Waals surface area contributed by atoms with Crippen LogP contribution in [-0.2, 0) is 4.74 Å². The molecule has 1 aromatic rings. The van der Waals surface area contributed by atoms with Crippen LogP contribution in [0.25, 0.3) is 0 Å². The summed E-state index contributed by atoms with van der Waals surface area (Å²) < 4.78 is 5.72. The average molecular weight is 268 g/mol. The molecule has 2 rings (SSSR count). The van der Waals surface area contributed by atoms with Crippen molar-refractivity contribution in [1.29, 1.82) is 0 Å². The fourth-order valence-electron chi connectivity index (χ4n) is 2.39. The van der Waals surface area contributed by atoms with Gasteiger partial charge in [0.05, 0.1) is 6.10 Å². The molecule has 100 valence electrons. The van der Waals surface area contributed by atoms with E-state index in [1.54, 1.807) is 0 Å². The Hall–Kier alpha value is -0.570. The first-order valence-corrected chi connectivity index (χ1v) is 7.24. The van der Waals surface area contributed by atoms with Crippen molar-refractivity contribution >= 4 is 11.6 Å². The van der Waals surface area contributed by atoms with Gasteiger partial charge >= 0.3 is 0 Å². The van der Waals surface area contributed by atoms with Gasteiger partial charge in [-0.1, -0.05) is 23.7 Å². The summed E-state index contributed by atoms with van der Waals surface area (Å²) in [6, 6.07) is 8.39. The van der Waals surface area contributed by atoms with Gasteiger partial charge < -0.3 is 10.1 Å². The lowest BCUT2D eigenvalue weighted by Gasteiger charge is -2.23. The summed E-state index contributed by atoms with van der Waals surface area (Å²) in [5.41, 5.74) is 1.24. The van der Waals surface area contributed by atoms with Gasteiger partial charge in [0.15, 0.2) is 0 Å². The van der Waals surface area contributed by atoms with Gasteiger partial charge in [0.2, 0.25) is 0 Å². The molecule has 2 nitrogen and oxygen atoms in total. The molecule has 18 heavy (non-hydrogen) atoms. The Morgan fingerprint density at radius 2 is 2.33 bits per heavy atom. The van der Waals surface area contributed by atoms with Crippen LogP contribution in [-0.4, -0.2) is 19.3 Å². The van der Waals surface area contributed by atoms with Crippen LogP contribution in [0.3, 0.4) is 0 Å². The highest BCUT2D eigenvalue weighted by molar-refractivity contribution is 6.30. The van der Waals surface area contributed by atoms with E-state index in [1.165, 1.54) is 24.8 Å². The molecule has 0 bridgehead atoms. The molecule has 0 aromatic heterocycles. The van der Waals surface area contributed by atoms with E-state index in [2.05, 4.69) is 18.3 Å². The third kappa shape index (κ3) is 4.27. The molecule has 1 aliphatic rings. The minimum atomic E-state index is 0.340. The Morgan fingerprint density at radius 3 is 3.06 bits per heavy atom. The van der Waals surface area contributed by atoms with Crippen LogP contribution >= 0.6 is 11.6 Å². The summed E-state index contributed by atoms with van der Waals surface area (Å²) in [6.45, 7) is 4.11. The number of hydrogen-bond donors (Lipinski definition) is 1. The zero-order chi connectivity index (χ0) is 12.8. The molecule has 1 heterocycles. The highest BCUT2D eigenvalue weighted by atomic mass is 35.5. The van der Waals surface area contributed by atoms with Crippen molar-refractivity contribution < 1.29 is 4.74 Å². The molecule has 0 radical (unpaired) electrons. The monoisotopic (exact) mass is 267 g/mol. The smallest absolute Gasteiger partial charge is 0.0587 e. The Bertz CT molecular complexity index is 363. The van der Waals surface area contributed by atoms with Gasteiger partial charge in [-0.15, -0.1) is 0 Å². The molecule has 0 amide bonds. The summed E-state index contributed by atoms with van der Waals surface area (Å²) in [6.07, 6.45) is 5.31. The first-order chi connectivity index (χ1) is 8.75. The quantitative estimate of drug-likeness (QED) is 0.872. The fourth-order valence-corrected chi connectivity index (χ4v) is 2.59. The molecular formula is C15H22ClNO. The van der Waals surface area contributed by atoms with Gasteiger partial charge in [-0.3, -0.25) is 0 Å². The third-order valence-electron chi connectivity index (χ3n) is 3.54. The van der Waals surface area contributed by atoms with Gasteiger partial charge in [-0.05, 0) is 56.8 Å². The van der Waals surface area contributed by atoms with Crippen molar-refractivity contribution in [2.24, 2.45) is 0 Å². The van der Waals surface area contributed by atoms with E-state index in [0.717, 1.165) is 24.6 Å². The average Bonchev–Trinajstić information content (AvgIpc) is 2.40. The number of benzene rings is 1. The summed E-state index contributed by atoms with van der Waals surface area (Å²) >= 11 is 6.00. The van der Waals surface area contributed by atoms with Crippen LogP contribution in [0.15, 0.2) is 24.3 Å². The van der Waals surface area contributed by atoms with Crippen LogP contribution in [0.5, 0.6) is 0 Å². The summed E-state index contributed by atoms with van der Waals surface area (Å²) in [4.78, 5) is 0. The maximum absolute atomic E-state index is 6.00. The molecule has 1 fully saturated rings. The van der Waals surface area contributed by atoms with Crippen molar-refractivity contribution in [2.75, 3.05) is 13.2 Å². The molecule has 1 saturated heterocycles. The number of nitrogens with one attached hydrogen (secondary N) is 1. The Balaban J connectivity index is 1.72. The highest BCUT2D eigenvalue weighted by Gasteiger charge is 2.13. The zero-order valence-electron chi connectivity index (χ0n) is 11.0. The number of rotatable bonds is 5. The molecule has 1 aromatic carbocycles. The van der Waals surface area contributed by atoms with Gasteiger partial charge in [-0.25, -0.2) is 0 Å². The second kappa shape index (κ2) is 7.13. The van der Waals surface area contributed by atoms with Crippen molar-refractivity contribution in [3.05, 3.63) is 34.9 Å². The highest BCUT2D eigenvalue weighted by Crippen LogP contribution is 2.18. The fraction of sp³-hybridized carbons (Fsp3) is 0.600. The third-order valence-corrected chi connectivity index (χ3v) is 3.77.